The number of hydrogen-bond donors (Lipinski definition) is 1. The maximum absolute atomic E-state index is 13.0. The van der Waals surface area contributed by atoms with Crippen LogP contribution in [0, 0.1) is 19.8 Å². The van der Waals surface area contributed by atoms with E-state index in [-0.39, 0.29) is 16.8 Å². The van der Waals surface area contributed by atoms with Crippen molar-refractivity contribution in [3.63, 3.8) is 0 Å². The van der Waals surface area contributed by atoms with Crippen molar-refractivity contribution in [2.24, 2.45) is 13.0 Å². The van der Waals surface area contributed by atoms with Crippen molar-refractivity contribution < 1.29 is 13.2 Å². The average Bonchev–Trinajstić information content (AvgIpc) is 3.15. The molecule has 7 nitrogen and oxygen atoms in total. The number of nitrogens with zero attached hydrogens (tertiary/aromatic N) is 3. The van der Waals surface area contributed by atoms with E-state index in [1.54, 1.807) is 26.8 Å². The number of carbonyl (C=O) groups is 1. The van der Waals surface area contributed by atoms with Crippen LogP contribution in [0.4, 0.5) is 0 Å². The minimum atomic E-state index is -3.61. The van der Waals surface area contributed by atoms with Crippen molar-refractivity contribution in [2.45, 2.75) is 58.4 Å². The molecule has 1 N–H and O–H groups in total. The average molecular weight is 439 g/mol. The van der Waals surface area contributed by atoms with Gasteiger partial charge in [0.1, 0.15) is 14.8 Å². The number of aromatic nitrogens is 2. The largest absolute Gasteiger partial charge is 0.345 e. The Morgan fingerprint density at radius 2 is 1.90 bits per heavy atom. The SMILES string of the molecule is Cc1nc(-c2cc(S(=O)(=O)NC(C)C)c(C)n2C)sc1C(=O)N1CCC(C)CC1. The molecule has 0 atom stereocenters. The molecule has 0 spiro atoms. The van der Waals surface area contributed by atoms with Crippen LogP contribution in [0.5, 0.6) is 0 Å². The fraction of sp³-hybridized carbons (Fsp3) is 0.600. The second kappa shape index (κ2) is 8.20. The molecule has 1 fully saturated rings. The van der Waals surface area contributed by atoms with Crippen molar-refractivity contribution >= 4 is 27.3 Å². The van der Waals surface area contributed by atoms with Crippen LogP contribution in [0.1, 0.15) is 54.7 Å². The lowest BCUT2D eigenvalue weighted by atomic mass is 9.99. The first-order valence-corrected chi connectivity index (χ1v) is 12.3. The number of carbonyl (C=O) groups excluding carboxylic acids is 1. The third-order valence-corrected chi connectivity index (χ3v) is 8.39. The summed E-state index contributed by atoms with van der Waals surface area (Å²) in [6, 6.07) is 1.46. The zero-order valence-electron chi connectivity index (χ0n) is 17.9. The molecule has 0 saturated carbocycles. The van der Waals surface area contributed by atoms with E-state index in [2.05, 4.69) is 16.6 Å². The van der Waals surface area contributed by atoms with Crippen LogP contribution >= 0.6 is 11.3 Å². The minimum Gasteiger partial charge on any atom is -0.345 e. The van der Waals surface area contributed by atoms with Gasteiger partial charge in [-0.2, -0.15) is 0 Å². The van der Waals surface area contributed by atoms with E-state index < -0.39 is 10.0 Å². The predicted molar refractivity (Wildman–Crippen MR) is 116 cm³/mol. The van der Waals surface area contributed by atoms with Crippen molar-refractivity contribution in [3.8, 4) is 10.7 Å². The molecule has 0 radical (unpaired) electrons. The van der Waals surface area contributed by atoms with Gasteiger partial charge in [-0.1, -0.05) is 6.92 Å². The normalized spacial score (nSPS) is 16.0. The maximum atomic E-state index is 13.0. The Balaban J connectivity index is 1.94. The maximum Gasteiger partial charge on any atom is 0.265 e. The Kier molecular flexibility index (Phi) is 6.21. The molecule has 2 aromatic heterocycles. The standard InChI is InChI=1S/C20H30N4O3S2/c1-12(2)22-29(26,27)17-11-16(23(6)15(17)5)19-21-14(4)18(28-19)20(25)24-9-7-13(3)8-10-24/h11-13,22H,7-10H2,1-6H3. The summed E-state index contributed by atoms with van der Waals surface area (Å²) >= 11 is 1.34. The minimum absolute atomic E-state index is 0.0263. The zero-order chi connectivity index (χ0) is 21.5. The van der Waals surface area contributed by atoms with E-state index in [0.29, 0.717) is 32.9 Å². The van der Waals surface area contributed by atoms with E-state index in [0.717, 1.165) is 25.9 Å². The third kappa shape index (κ3) is 4.41. The molecule has 9 heteroatoms. The molecule has 0 aromatic carbocycles. The van der Waals surface area contributed by atoms with Gasteiger partial charge in [-0.05, 0) is 52.5 Å². The lowest BCUT2D eigenvalue weighted by molar-refractivity contribution is 0.0701. The highest BCUT2D eigenvalue weighted by molar-refractivity contribution is 7.89. The van der Waals surface area contributed by atoms with Gasteiger partial charge in [0.15, 0.2) is 0 Å². The molecular weight excluding hydrogens is 408 g/mol. The molecule has 1 aliphatic rings. The molecule has 3 heterocycles. The molecule has 160 valence electrons. The molecule has 1 aliphatic heterocycles. The number of amides is 1. The van der Waals surface area contributed by atoms with E-state index in [9.17, 15) is 13.2 Å². The Morgan fingerprint density at radius 1 is 1.28 bits per heavy atom. The summed E-state index contributed by atoms with van der Waals surface area (Å²) in [7, 11) is -1.79. The summed E-state index contributed by atoms with van der Waals surface area (Å²) in [5.74, 6) is 0.682. The Bertz CT molecular complexity index is 1010. The fourth-order valence-corrected chi connectivity index (χ4v) is 6.21. The van der Waals surface area contributed by atoms with E-state index >= 15 is 0 Å². The van der Waals surface area contributed by atoms with Crippen LogP contribution in [0.2, 0.25) is 0 Å². The highest BCUT2D eigenvalue weighted by atomic mass is 32.2. The smallest absolute Gasteiger partial charge is 0.265 e. The van der Waals surface area contributed by atoms with Gasteiger partial charge in [0, 0.05) is 31.9 Å². The Labute approximate surface area is 177 Å². The molecular formula is C20H30N4O3S2. The number of likely N-dealkylation sites (tertiary alicyclic amines) is 1. The lowest BCUT2D eigenvalue weighted by Gasteiger charge is -2.30. The van der Waals surface area contributed by atoms with Gasteiger partial charge < -0.3 is 9.47 Å². The van der Waals surface area contributed by atoms with Crippen molar-refractivity contribution in [2.75, 3.05) is 13.1 Å². The van der Waals surface area contributed by atoms with Crippen LogP contribution in [-0.4, -0.2) is 47.9 Å². The van der Waals surface area contributed by atoms with Gasteiger partial charge in [-0.15, -0.1) is 11.3 Å². The number of aryl methyl sites for hydroxylation is 1. The third-order valence-electron chi connectivity index (χ3n) is 5.45. The molecule has 2 aromatic rings. The summed E-state index contributed by atoms with van der Waals surface area (Å²) in [5, 5.41) is 0.660. The van der Waals surface area contributed by atoms with Crippen molar-refractivity contribution in [1.82, 2.24) is 19.2 Å². The van der Waals surface area contributed by atoms with Gasteiger partial charge in [-0.3, -0.25) is 4.79 Å². The van der Waals surface area contributed by atoms with Gasteiger partial charge in [0.05, 0.1) is 11.4 Å². The second-order valence-electron chi connectivity index (χ2n) is 8.22. The van der Waals surface area contributed by atoms with Gasteiger partial charge in [0.2, 0.25) is 10.0 Å². The molecule has 29 heavy (non-hydrogen) atoms. The van der Waals surface area contributed by atoms with Crippen molar-refractivity contribution in [3.05, 3.63) is 22.3 Å². The summed E-state index contributed by atoms with van der Waals surface area (Å²) in [5.41, 5.74) is 2.03. The number of rotatable bonds is 5. The van der Waals surface area contributed by atoms with Crippen LogP contribution < -0.4 is 4.72 Å². The number of sulfonamides is 1. The summed E-state index contributed by atoms with van der Waals surface area (Å²) in [6.45, 7) is 11.0. The quantitative estimate of drug-likeness (QED) is 0.776. The highest BCUT2D eigenvalue weighted by Crippen LogP contribution is 2.33. The predicted octanol–water partition coefficient (Wildman–Crippen LogP) is 3.32. The van der Waals surface area contributed by atoms with Crippen LogP contribution in [0.25, 0.3) is 10.7 Å². The zero-order valence-corrected chi connectivity index (χ0v) is 19.6. The number of piperidine rings is 1. The van der Waals surface area contributed by atoms with E-state index in [1.165, 1.54) is 11.3 Å². The highest BCUT2D eigenvalue weighted by Gasteiger charge is 2.28. The Hall–Kier alpha value is -1.71. The van der Waals surface area contributed by atoms with E-state index in [4.69, 9.17) is 0 Å². The van der Waals surface area contributed by atoms with Gasteiger partial charge >= 0.3 is 0 Å². The topological polar surface area (TPSA) is 84.3 Å². The molecule has 0 aliphatic carbocycles. The summed E-state index contributed by atoms with van der Waals surface area (Å²) in [4.78, 5) is 20.4. The number of nitrogens with one attached hydrogen (secondary N) is 1. The van der Waals surface area contributed by atoms with Crippen molar-refractivity contribution in [1.29, 1.82) is 0 Å². The van der Waals surface area contributed by atoms with Crippen LogP contribution in [-0.2, 0) is 17.1 Å². The molecule has 0 unspecified atom stereocenters. The number of thiazole rings is 1. The second-order valence-corrected chi connectivity index (χ2v) is 10.9. The molecule has 1 saturated heterocycles. The number of hydrogen-bond acceptors (Lipinski definition) is 5. The summed E-state index contributed by atoms with van der Waals surface area (Å²) in [6.07, 6.45) is 2.05. The van der Waals surface area contributed by atoms with Gasteiger partial charge in [-0.25, -0.2) is 18.1 Å². The molecule has 0 bridgehead atoms. The first-order valence-electron chi connectivity index (χ1n) is 9.97. The monoisotopic (exact) mass is 438 g/mol. The Morgan fingerprint density at radius 3 is 2.48 bits per heavy atom. The van der Waals surface area contributed by atoms with Gasteiger partial charge in [0.25, 0.3) is 5.91 Å². The lowest BCUT2D eigenvalue weighted by Crippen LogP contribution is -2.37. The van der Waals surface area contributed by atoms with Crippen LogP contribution in [0.15, 0.2) is 11.0 Å². The first kappa shape index (κ1) is 22.0. The fourth-order valence-electron chi connectivity index (χ4n) is 3.58. The molecule has 3 rings (SSSR count). The summed E-state index contributed by atoms with van der Waals surface area (Å²) < 4.78 is 29.8. The molecule has 1 amide bonds. The van der Waals surface area contributed by atoms with Crippen LogP contribution in [0.3, 0.4) is 0 Å². The van der Waals surface area contributed by atoms with E-state index in [1.807, 2.05) is 23.4 Å². The first-order chi connectivity index (χ1) is 13.5.